The van der Waals surface area contributed by atoms with E-state index in [1.807, 2.05) is 6.08 Å². The number of aromatic nitrogens is 2. The second-order valence-electron chi connectivity index (χ2n) is 9.11. The number of rotatable bonds is 5. The quantitative estimate of drug-likeness (QED) is 0.457. The topological polar surface area (TPSA) is 64.4 Å². The van der Waals surface area contributed by atoms with E-state index in [9.17, 15) is 26.0 Å². The lowest BCUT2D eigenvalue weighted by atomic mass is 9.69. The van der Waals surface area contributed by atoms with E-state index in [4.69, 9.17) is 4.74 Å². The van der Waals surface area contributed by atoms with E-state index in [1.54, 1.807) is 30.1 Å². The molecule has 0 radical (unpaired) electrons. The summed E-state index contributed by atoms with van der Waals surface area (Å²) in [7, 11) is -2.47. The van der Waals surface area contributed by atoms with Crippen molar-refractivity contribution in [3.05, 3.63) is 82.9 Å². The van der Waals surface area contributed by atoms with Crippen LogP contribution in [0.25, 0.3) is 11.8 Å². The predicted octanol–water partition coefficient (Wildman–Crippen LogP) is 4.70. The van der Waals surface area contributed by atoms with Gasteiger partial charge in [0.25, 0.3) is 0 Å². The van der Waals surface area contributed by atoms with Gasteiger partial charge in [-0.2, -0.15) is 22.6 Å². The van der Waals surface area contributed by atoms with Gasteiger partial charge in [-0.05, 0) is 73.0 Å². The minimum atomic E-state index is -4.55. The molecule has 1 atom stereocenters. The third-order valence-electron chi connectivity index (χ3n) is 6.83. The van der Waals surface area contributed by atoms with E-state index < -0.39 is 27.2 Å². The Morgan fingerprint density at radius 2 is 1.78 bits per heavy atom. The van der Waals surface area contributed by atoms with Crippen LogP contribution in [0.3, 0.4) is 0 Å². The standard InChI is InChI=1S/C25H23F4N3O3S/c1-35-16-24-13-17-14-30-32(21-6-4-20(26)5-7-21)23(17)12-19(24)10-11-31(15-24)36(33,34)22-8-2-18(3-9-22)25(27,28)29/h2-9,12,14H,10-11,13,15-16H2,1H3/t24-/m1/s1. The molecule has 2 aromatic carbocycles. The van der Waals surface area contributed by atoms with Gasteiger partial charge in [0.1, 0.15) is 5.82 Å². The van der Waals surface area contributed by atoms with Gasteiger partial charge in [0, 0.05) is 25.6 Å². The molecule has 1 fully saturated rings. The molecule has 1 aliphatic carbocycles. The molecule has 2 heterocycles. The highest BCUT2D eigenvalue weighted by Gasteiger charge is 2.46. The third-order valence-corrected chi connectivity index (χ3v) is 8.69. The van der Waals surface area contributed by atoms with Gasteiger partial charge in [-0.25, -0.2) is 17.5 Å². The Labute approximate surface area is 205 Å². The molecule has 0 spiro atoms. The van der Waals surface area contributed by atoms with Crippen molar-refractivity contribution >= 4 is 16.1 Å². The number of alkyl halides is 3. The fourth-order valence-corrected chi connectivity index (χ4v) is 6.59. The highest BCUT2D eigenvalue weighted by molar-refractivity contribution is 7.89. The first-order chi connectivity index (χ1) is 17.0. The maximum atomic E-state index is 13.4. The molecule has 1 saturated heterocycles. The molecule has 1 aliphatic heterocycles. The number of hydrogen-bond acceptors (Lipinski definition) is 4. The Hall–Kier alpha value is -3.02. The summed E-state index contributed by atoms with van der Waals surface area (Å²) in [5.74, 6) is -0.348. The molecule has 190 valence electrons. The number of benzene rings is 2. The van der Waals surface area contributed by atoms with Crippen LogP contribution in [0.2, 0.25) is 0 Å². The first kappa shape index (κ1) is 24.7. The summed E-state index contributed by atoms with van der Waals surface area (Å²) in [6, 6.07) is 9.55. The number of methoxy groups -OCH3 is 1. The lowest BCUT2D eigenvalue weighted by Crippen LogP contribution is -2.51. The summed E-state index contributed by atoms with van der Waals surface area (Å²) in [5, 5.41) is 4.48. The highest BCUT2D eigenvalue weighted by atomic mass is 32.2. The second-order valence-corrected chi connectivity index (χ2v) is 11.1. The summed E-state index contributed by atoms with van der Waals surface area (Å²) < 4.78 is 87.5. The van der Waals surface area contributed by atoms with Crippen molar-refractivity contribution < 1.29 is 30.7 Å². The van der Waals surface area contributed by atoms with Gasteiger partial charge in [0.05, 0.1) is 34.6 Å². The molecular formula is C25H23F4N3O3S. The zero-order valence-electron chi connectivity index (χ0n) is 19.3. The van der Waals surface area contributed by atoms with Gasteiger partial charge in [-0.1, -0.05) is 5.57 Å². The molecule has 0 bridgehead atoms. The molecule has 11 heteroatoms. The van der Waals surface area contributed by atoms with Crippen molar-refractivity contribution in [1.29, 1.82) is 0 Å². The average molecular weight is 522 g/mol. The van der Waals surface area contributed by atoms with E-state index in [1.165, 1.54) is 16.4 Å². The van der Waals surface area contributed by atoms with Crippen LogP contribution in [0, 0.1) is 11.2 Å². The summed E-state index contributed by atoms with van der Waals surface area (Å²) in [5.41, 5.74) is 1.92. The number of sulfonamides is 1. The van der Waals surface area contributed by atoms with E-state index >= 15 is 0 Å². The molecule has 0 saturated carbocycles. The van der Waals surface area contributed by atoms with Crippen LogP contribution < -0.4 is 0 Å². The van der Waals surface area contributed by atoms with Crippen LogP contribution in [-0.4, -0.2) is 49.3 Å². The second kappa shape index (κ2) is 8.82. The Bertz CT molecular complexity index is 1410. The Balaban J connectivity index is 1.47. The van der Waals surface area contributed by atoms with E-state index in [2.05, 4.69) is 5.10 Å². The zero-order chi connectivity index (χ0) is 25.7. The Morgan fingerprint density at radius 1 is 1.08 bits per heavy atom. The van der Waals surface area contributed by atoms with Gasteiger partial charge in [0.2, 0.25) is 10.0 Å². The number of halogens is 4. The normalized spacial score (nSPS) is 20.5. The average Bonchev–Trinajstić information content (AvgIpc) is 3.24. The summed E-state index contributed by atoms with van der Waals surface area (Å²) >= 11 is 0. The molecular weight excluding hydrogens is 498 g/mol. The van der Waals surface area contributed by atoms with Crippen LogP contribution in [-0.2, 0) is 27.4 Å². The summed E-state index contributed by atoms with van der Waals surface area (Å²) in [4.78, 5) is -0.184. The molecule has 0 N–H and O–H groups in total. The predicted molar refractivity (Wildman–Crippen MR) is 124 cm³/mol. The lowest BCUT2D eigenvalue weighted by Gasteiger charge is -2.45. The van der Waals surface area contributed by atoms with E-state index in [-0.39, 0.29) is 30.4 Å². The van der Waals surface area contributed by atoms with Crippen molar-refractivity contribution in [2.24, 2.45) is 5.41 Å². The van der Waals surface area contributed by atoms with Crippen LogP contribution in [0.1, 0.15) is 23.2 Å². The summed E-state index contributed by atoms with van der Waals surface area (Å²) in [6.45, 7) is 0.566. The molecule has 36 heavy (non-hydrogen) atoms. The van der Waals surface area contributed by atoms with Crippen molar-refractivity contribution in [3.63, 3.8) is 0 Å². The highest BCUT2D eigenvalue weighted by Crippen LogP contribution is 2.45. The number of fused-ring (bicyclic) bond motifs is 2. The first-order valence-corrected chi connectivity index (χ1v) is 12.7. The van der Waals surface area contributed by atoms with Crippen LogP contribution in [0.4, 0.5) is 17.6 Å². The van der Waals surface area contributed by atoms with E-state index in [0.717, 1.165) is 41.1 Å². The van der Waals surface area contributed by atoms with Gasteiger partial charge < -0.3 is 4.74 Å². The van der Waals surface area contributed by atoms with Gasteiger partial charge >= 0.3 is 6.18 Å². The molecule has 1 aromatic heterocycles. The number of ether oxygens (including phenoxy) is 1. The van der Waals surface area contributed by atoms with E-state index in [0.29, 0.717) is 18.5 Å². The van der Waals surface area contributed by atoms with Crippen LogP contribution in [0.15, 0.2) is 65.2 Å². The number of nitrogens with zero attached hydrogens (tertiary/aromatic N) is 3. The van der Waals surface area contributed by atoms with Gasteiger partial charge in [-0.15, -0.1) is 0 Å². The van der Waals surface area contributed by atoms with Crippen LogP contribution in [0.5, 0.6) is 0 Å². The fraction of sp³-hybridized carbons (Fsp3) is 0.320. The fourth-order valence-electron chi connectivity index (χ4n) is 5.06. The third kappa shape index (κ3) is 4.25. The maximum Gasteiger partial charge on any atom is 0.416 e. The van der Waals surface area contributed by atoms with Crippen molar-refractivity contribution in [1.82, 2.24) is 14.1 Å². The van der Waals surface area contributed by atoms with Crippen LogP contribution >= 0.6 is 0 Å². The molecule has 6 nitrogen and oxygen atoms in total. The van der Waals surface area contributed by atoms with Gasteiger partial charge in [0.15, 0.2) is 0 Å². The smallest absolute Gasteiger partial charge is 0.384 e. The monoisotopic (exact) mass is 521 g/mol. The Kier molecular flexibility index (Phi) is 6.05. The van der Waals surface area contributed by atoms with Crippen molar-refractivity contribution in [2.45, 2.75) is 23.9 Å². The van der Waals surface area contributed by atoms with Crippen molar-refractivity contribution in [3.8, 4) is 5.69 Å². The minimum Gasteiger partial charge on any atom is -0.384 e. The SMILES string of the molecule is COC[C@]12Cc3cnn(-c4ccc(F)cc4)c3C=C1CCN(S(=O)(=O)c1ccc(C(F)(F)F)cc1)C2. The largest absolute Gasteiger partial charge is 0.416 e. The van der Waals surface area contributed by atoms with Crippen molar-refractivity contribution in [2.75, 3.05) is 26.8 Å². The molecule has 3 aromatic rings. The zero-order valence-corrected chi connectivity index (χ0v) is 20.1. The minimum absolute atomic E-state index is 0.122. The molecule has 5 rings (SSSR count). The molecule has 2 aliphatic rings. The first-order valence-electron chi connectivity index (χ1n) is 11.2. The number of hydrogen-bond donors (Lipinski definition) is 0. The number of piperidine rings is 1. The Morgan fingerprint density at radius 3 is 2.42 bits per heavy atom. The lowest BCUT2D eigenvalue weighted by molar-refractivity contribution is -0.137. The van der Waals surface area contributed by atoms with Gasteiger partial charge in [-0.3, -0.25) is 0 Å². The molecule has 0 amide bonds. The summed E-state index contributed by atoms with van der Waals surface area (Å²) in [6.07, 6.45) is 0.0657. The molecule has 0 unspecified atom stereocenters. The maximum absolute atomic E-state index is 13.4.